The average Bonchev–Trinajstić information content (AvgIpc) is 2.01. The van der Waals surface area contributed by atoms with Crippen molar-refractivity contribution in [3.8, 4) is 0 Å². The van der Waals surface area contributed by atoms with Gasteiger partial charge in [-0.05, 0) is 19.8 Å². The van der Waals surface area contributed by atoms with Crippen LogP contribution in [0.1, 0.15) is 46.0 Å². The zero-order valence-corrected chi connectivity index (χ0v) is 7.71. The van der Waals surface area contributed by atoms with Gasteiger partial charge in [0.15, 0.2) is 0 Å². The van der Waals surface area contributed by atoms with Gasteiger partial charge in [0.05, 0.1) is 6.10 Å². The highest BCUT2D eigenvalue weighted by atomic mass is 16.3. The van der Waals surface area contributed by atoms with Crippen molar-refractivity contribution >= 4 is 0 Å². The predicted molar refractivity (Wildman–Crippen MR) is 49.6 cm³/mol. The molecule has 1 heteroatoms. The molecule has 0 aromatic rings. The fourth-order valence-corrected chi connectivity index (χ4v) is 1.04. The van der Waals surface area contributed by atoms with Gasteiger partial charge in [-0.2, -0.15) is 0 Å². The van der Waals surface area contributed by atoms with E-state index in [0.717, 1.165) is 19.3 Å². The van der Waals surface area contributed by atoms with Gasteiger partial charge < -0.3 is 5.11 Å². The lowest BCUT2D eigenvalue weighted by atomic mass is 10.1. The predicted octanol–water partition coefficient (Wildman–Crippen LogP) is 2.89. The normalized spacial score (nSPS) is 14.1. The van der Waals surface area contributed by atoms with Gasteiger partial charge in [-0.15, -0.1) is 0 Å². The summed E-state index contributed by atoms with van der Waals surface area (Å²) in [7, 11) is 0. The molecule has 0 aliphatic carbocycles. The van der Waals surface area contributed by atoms with Crippen molar-refractivity contribution in [2.75, 3.05) is 0 Å². The quantitative estimate of drug-likeness (QED) is 0.463. The third-order valence-corrected chi connectivity index (χ3v) is 1.78. The van der Waals surface area contributed by atoms with Crippen molar-refractivity contribution in [3.05, 3.63) is 12.2 Å². The molecule has 0 aromatic carbocycles. The Morgan fingerprint density at radius 3 is 2.64 bits per heavy atom. The van der Waals surface area contributed by atoms with Crippen molar-refractivity contribution in [1.29, 1.82) is 0 Å². The summed E-state index contributed by atoms with van der Waals surface area (Å²) >= 11 is 0. The van der Waals surface area contributed by atoms with Crippen LogP contribution in [0.4, 0.5) is 0 Å². The minimum Gasteiger partial charge on any atom is -0.393 e. The second-order valence-corrected chi connectivity index (χ2v) is 2.95. The monoisotopic (exact) mass is 156 g/mol. The van der Waals surface area contributed by atoms with Crippen LogP contribution in [0.15, 0.2) is 12.2 Å². The molecule has 0 radical (unpaired) electrons. The Kier molecular flexibility index (Phi) is 7.59. The maximum atomic E-state index is 9.36. The summed E-state index contributed by atoms with van der Waals surface area (Å²) in [6.45, 7) is 4.16. The van der Waals surface area contributed by atoms with Crippen LogP contribution in [0.3, 0.4) is 0 Å². The molecule has 0 saturated heterocycles. The molecule has 0 spiro atoms. The SMILES string of the molecule is C/C=C\C[C@@H](O)CCCCC. The third kappa shape index (κ3) is 7.60. The number of hydrogen-bond donors (Lipinski definition) is 1. The number of rotatable bonds is 6. The van der Waals surface area contributed by atoms with Crippen molar-refractivity contribution in [2.45, 2.75) is 52.1 Å². The van der Waals surface area contributed by atoms with Gasteiger partial charge in [0.25, 0.3) is 0 Å². The number of allylic oxidation sites excluding steroid dienone is 1. The summed E-state index contributed by atoms with van der Waals surface area (Å²) in [6, 6.07) is 0. The average molecular weight is 156 g/mol. The number of aliphatic hydroxyl groups is 1. The zero-order chi connectivity index (χ0) is 8.53. The van der Waals surface area contributed by atoms with Crippen molar-refractivity contribution in [1.82, 2.24) is 0 Å². The molecule has 66 valence electrons. The maximum absolute atomic E-state index is 9.36. The van der Waals surface area contributed by atoms with Gasteiger partial charge in [0, 0.05) is 0 Å². The van der Waals surface area contributed by atoms with Crippen LogP contribution in [0.25, 0.3) is 0 Å². The molecule has 0 amide bonds. The van der Waals surface area contributed by atoms with Crippen LogP contribution in [-0.2, 0) is 0 Å². The molecule has 0 aliphatic heterocycles. The lowest BCUT2D eigenvalue weighted by Crippen LogP contribution is -2.03. The second-order valence-electron chi connectivity index (χ2n) is 2.95. The molecule has 11 heavy (non-hydrogen) atoms. The lowest BCUT2D eigenvalue weighted by molar-refractivity contribution is 0.164. The molecule has 0 saturated carbocycles. The fraction of sp³-hybridized carbons (Fsp3) is 0.800. The van der Waals surface area contributed by atoms with Gasteiger partial charge in [0.1, 0.15) is 0 Å². The van der Waals surface area contributed by atoms with E-state index in [-0.39, 0.29) is 6.10 Å². The molecule has 1 N–H and O–H groups in total. The van der Waals surface area contributed by atoms with E-state index in [1.54, 1.807) is 0 Å². The first-order valence-corrected chi connectivity index (χ1v) is 4.60. The Labute approximate surface area is 70.1 Å². The highest BCUT2D eigenvalue weighted by Crippen LogP contribution is 2.06. The van der Waals surface area contributed by atoms with Crippen LogP contribution < -0.4 is 0 Å². The summed E-state index contributed by atoms with van der Waals surface area (Å²) in [5.41, 5.74) is 0. The zero-order valence-electron chi connectivity index (χ0n) is 7.71. The molecule has 0 aliphatic rings. The first-order chi connectivity index (χ1) is 5.31. The minimum atomic E-state index is -0.113. The molecular formula is C10H20O. The van der Waals surface area contributed by atoms with Crippen LogP contribution in [-0.4, -0.2) is 11.2 Å². The van der Waals surface area contributed by atoms with Crippen LogP contribution in [0.5, 0.6) is 0 Å². The standard InChI is InChI=1S/C10H20O/c1-3-5-7-9-10(11)8-6-4-2/h4,6,10-11H,3,5,7-9H2,1-2H3/b6-4-/t10-/m1/s1. The Hall–Kier alpha value is -0.300. The lowest BCUT2D eigenvalue weighted by Gasteiger charge is -2.05. The van der Waals surface area contributed by atoms with Gasteiger partial charge in [-0.1, -0.05) is 38.3 Å². The van der Waals surface area contributed by atoms with E-state index in [1.807, 2.05) is 19.1 Å². The van der Waals surface area contributed by atoms with Crippen LogP contribution >= 0.6 is 0 Å². The van der Waals surface area contributed by atoms with Crippen molar-refractivity contribution in [3.63, 3.8) is 0 Å². The number of hydrogen-bond acceptors (Lipinski definition) is 1. The molecule has 1 nitrogen and oxygen atoms in total. The van der Waals surface area contributed by atoms with E-state index < -0.39 is 0 Å². The first kappa shape index (κ1) is 10.7. The number of aliphatic hydroxyl groups excluding tert-OH is 1. The molecule has 0 rings (SSSR count). The van der Waals surface area contributed by atoms with E-state index in [0.29, 0.717) is 0 Å². The summed E-state index contributed by atoms with van der Waals surface area (Å²) < 4.78 is 0. The summed E-state index contributed by atoms with van der Waals surface area (Å²) in [5, 5.41) is 9.36. The van der Waals surface area contributed by atoms with Crippen molar-refractivity contribution in [2.24, 2.45) is 0 Å². The Balaban J connectivity index is 3.15. The Morgan fingerprint density at radius 1 is 1.36 bits per heavy atom. The smallest absolute Gasteiger partial charge is 0.0574 e. The maximum Gasteiger partial charge on any atom is 0.0574 e. The number of unbranched alkanes of at least 4 members (excludes halogenated alkanes) is 2. The highest BCUT2D eigenvalue weighted by Gasteiger charge is 1.99. The molecule has 0 unspecified atom stereocenters. The molecule has 0 aromatic heterocycles. The highest BCUT2D eigenvalue weighted by molar-refractivity contribution is 4.79. The van der Waals surface area contributed by atoms with E-state index >= 15 is 0 Å². The second kappa shape index (κ2) is 7.80. The molecule has 0 bridgehead atoms. The first-order valence-electron chi connectivity index (χ1n) is 4.60. The van der Waals surface area contributed by atoms with E-state index in [9.17, 15) is 5.11 Å². The van der Waals surface area contributed by atoms with E-state index in [2.05, 4.69) is 6.92 Å². The van der Waals surface area contributed by atoms with Gasteiger partial charge in [-0.25, -0.2) is 0 Å². The van der Waals surface area contributed by atoms with Crippen molar-refractivity contribution < 1.29 is 5.11 Å². The topological polar surface area (TPSA) is 20.2 Å². The Morgan fingerprint density at radius 2 is 2.09 bits per heavy atom. The summed E-state index contributed by atoms with van der Waals surface area (Å²) in [6.07, 6.45) is 9.31. The van der Waals surface area contributed by atoms with E-state index in [1.165, 1.54) is 12.8 Å². The Bertz CT molecular complexity index is 97.0. The molecular weight excluding hydrogens is 136 g/mol. The molecule has 1 atom stereocenters. The largest absolute Gasteiger partial charge is 0.393 e. The van der Waals surface area contributed by atoms with E-state index in [4.69, 9.17) is 0 Å². The van der Waals surface area contributed by atoms with Crippen LogP contribution in [0.2, 0.25) is 0 Å². The summed E-state index contributed by atoms with van der Waals surface area (Å²) in [4.78, 5) is 0. The molecule has 0 fully saturated rings. The van der Waals surface area contributed by atoms with Crippen LogP contribution in [0, 0.1) is 0 Å². The summed E-state index contributed by atoms with van der Waals surface area (Å²) in [5.74, 6) is 0. The fourth-order valence-electron chi connectivity index (χ4n) is 1.04. The van der Waals surface area contributed by atoms with Gasteiger partial charge >= 0.3 is 0 Å². The minimum absolute atomic E-state index is 0.113. The third-order valence-electron chi connectivity index (χ3n) is 1.78. The van der Waals surface area contributed by atoms with Gasteiger partial charge in [-0.3, -0.25) is 0 Å². The molecule has 0 heterocycles. The van der Waals surface area contributed by atoms with Gasteiger partial charge in [0.2, 0.25) is 0 Å².